The van der Waals surface area contributed by atoms with Crippen LogP contribution < -0.4 is 21.7 Å². The molecule has 4 aromatic rings. The molecule has 4 N–H and O–H groups in total. The zero-order valence-corrected chi connectivity index (χ0v) is 13.6. The molecule has 0 spiro atoms. The largest absolute Gasteiger partial charge is 0.337 e. The third kappa shape index (κ3) is 3.05. The maximum Gasteiger partial charge on any atom is 0.337 e. The number of hydrazine groups is 1. The van der Waals surface area contributed by atoms with E-state index in [9.17, 15) is 9.59 Å². The molecule has 0 radical (unpaired) electrons. The Hall–Kier alpha value is -3.87. The van der Waals surface area contributed by atoms with Crippen molar-refractivity contribution >= 4 is 39.3 Å². The minimum Gasteiger partial charge on any atom is -0.306 e. The molecule has 0 aliphatic rings. The summed E-state index contributed by atoms with van der Waals surface area (Å²) < 4.78 is 0. The third-order valence-corrected chi connectivity index (χ3v) is 3.95. The lowest BCUT2D eigenvalue weighted by atomic mass is 10.1. The number of aromatic nitrogens is 2. The zero-order chi connectivity index (χ0) is 17.9. The molecule has 7 nitrogen and oxygen atoms in total. The first-order chi connectivity index (χ1) is 12.7. The minimum atomic E-state index is -0.475. The van der Waals surface area contributed by atoms with Crippen molar-refractivity contribution in [2.75, 3.05) is 10.7 Å². The average molecular weight is 345 g/mol. The number of fused-ring (bicyclic) bond motifs is 2. The van der Waals surface area contributed by atoms with Crippen molar-refractivity contribution in [3.05, 3.63) is 77.1 Å². The molecule has 0 saturated heterocycles. The maximum absolute atomic E-state index is 12.2. The van der Waals surface area contributed by atoms with Crippen LogP contribution in [0.5, 0.6) is 0 Å². The van der Waals surface area contributed by atoms with E-state index >= 15 is 0 Å². The van der Waals surface area contributed by atoms with Crippen molar-refractivity contribution in [2.45, 2.75) is 0 Å². The van der Waals surface area contributed by atoms with Crippen LogP contribution >= 0.6 is 0 Å². The van der Waals surface area contributed by atoms with Gasteiger partial charge in [0.1, 0.15) is 0 Å². The standard InChI is InChI=1S/C19H15N5O2/c25-17-14-9-3-4-10-16(14)20-18(22-17)23-24-19(26)21-15-11-5-7-12-6-1-2-8-13(12)15/h1-11H,(H2,21,24,26)(H2,20,22,23,25). The molecule has 3 aromatic carbocycles. The number of carbonyl (C=O) groups is 1. The number of hydrogen-bond donors (Lipinski definition) is 4. The first-order valence-corrected chi connectivity index (χ1v) is 8.00. The summed E-state index contributed by atoms with van der Waals surface area (Å²) >= 11 is 0. The molecular weight excluding hydrogens is 330 g/mol. The number of aromatic amines is 1. The fourth-order valence-electron chi connectivity index (χ4n) is 2.75. The summed E-state index contributed by atoms with van der Waals surface area (Å²) in [6.45, 7) is 0. The average Bonchev–Trinajstić information content (AvgIpc) is 2.67. The molecule has 2 amide bonds. The second-order valence-electron chi connectivity index (χ2n) is 5.66. The molecule has 1 aromatic heterocycles. The van der Waals surface area contributed by atoms with Gasteiger partial charge >= 0.3 is 6.03 Å². The Kier molecular flexibility index (Phi) is 3.95. The predicted molar refractivity (Wildman–Crippen MR) is 102 cm³/mol. The molecule has 0 atom stereocenters. The van der Waals surface area contributed by atoms with Crippen LogP contribution in [0.3, 0.4) is 0 Å². The Bertz CT molecular complexity index is 1160. The van der Waals surface area contributed by atoms with Crippen molar-refractivity contribution in [2.24, 2.45) is 0 Å². The van der Waals surface area contributed by atoms with Gasteiger partial charge in [-0.15, -0.1) is 0 Å². The van der Waals surface area contributed by atoms with E-state index in [2.05, 4.69) is 26.1 Å². The Morgan fingerprint density at radius 1 is 0.885 bits per heavy atom. The zero-order valence-electron chi connectivity index (χ0n) is 13.6. The highest BCUT2D eigenvalue weighted by atomic mass is 16.2. The molecule has 26 heavy (non-hydrogen) atoms. The molecule has 0 aliphatic carbocycles. The molecule has 0 saturated carbocycles. The van der Waals surface area contributed by atoms with Gasteiger partial charge in [0.2, 0.25) is 5.95 Å². The van der Waals surface area contributed by atoms with E-state index in [1.807, 2.05) is 42.5 Å². The van der Waals surface area contributed by atoms with E-state index < -0.39 is 6.03 Å². The topological polar surface area (TPSA) is 98.9 Å². The van der Waals surface area contributed by atoms with Gasteiger partial charge in [0.25, 0.3) is 5.56 Å². The summed E-state index contributed by atoms with van der Waals surface area (Å²) in [5.41, 5.74) is 6.03. The number of nitrogens with one attached hydrogen (secondary N) is 4. The number of hydrogen-bond acceptors (Lipinski definition) is 4. The lowest BCUT2D eigenvalue weighted by Gasteiger charge is -2.11. The minimum absolute atomic E-state index is 0.154. The monoisotopic (exact) mass is 345 g/mol. The second kappa shape index (κ2) is 6.56. The van der Waals surface area contributed by atoms with E-state index in [0.717, 1.165) is 10.8 Å². The molecule has 0 unspecified atom stereocenters. The van der Waals surface area contributed by atoms with Crippen molar-refractivity contribution in [1.82, 2.24) is 15.4 Å². The van der Waals surface area contributed by atoms with Crippen LogP contribution in [-0.4, -0.2) is 16.0 Å². The highest BCUT2D eigenvalue weighted by Crippen LogP contribution is 2.22. The summed E-state index contributed by atoms with van der Waals surface area (Å²) in [4.78, 5) is 31.0. The van der Waals surface area contributed by atoms with Crippen LogP contribution in [-0.2, 0) is 0 Å². The van der Waals surface area contributed by atoms with Gasteiger partial charge < -0.3 is 5.32 Å². The van der Waals surface area contributed by atoms with Crippen molar-refractivity contribution in [3.8, 4) is 0 Å². The van der Waals surface area contributed by atoms with Gasteiger partial charge in [-0.05, 0) is 23.6 Å². The number of amides is 2. The van der Waals surface area contributed by atoms with E-state index in [1.54, 1.807) is 24.3 Å². The summed E-state index contributed by atoms with van der Waals surface area (Å²) in [5, 5.41) is 5.22. The lowest BCUT2D eigenvalue weighted by molar-refractivity contribution is 0.254. The molecule has 0 aliphatic heterocycles. The van der Waals surface area contributed by atoms with Crippen LogP contribution in [0.1, 0.15) is 0 Å². The van der Waals surface area contributed by atoms with Crippen LogP contribution in [0.15, 0.2) is 71.5 Å². The SMILES string of the molecule is O=C(NNc1nc2ccccc2c(=O)[nH]1)Nc1cccc2ccccc12. The van der Waals surface area contributed by atoms with Gasteiger partial charge in [0.15, 0.2) is 0 Å². The Morgan fingerprint density at radius 2 is 1.62 bits per heavy atom. The van der Waals surface area contributed by atoms with Gasteiger partial charge in [-0.3, -0.25) is 15.2 Å². The van der Waals surface area contributed by atoms with E-state index in [4.69, 9.17) is 0 Å². The smallest absolute Gasteiger partial charge is 0.306 e. The van der Waals surface area contributed by atoms with Crippen LogP contribution in [0.4, 0.5) is 16.4 Å². The number of urea groups is 1. The number of benzene rings is 3. The quantitative estimate of drug-likeness (QED) is 0.428. The fraction of sp³-hybridized carbons (Fsp3) is 0. The molecule has 7 heteroatoms. The number of carbonyl (C=O) groups excluding carboxylic acids is 1. The first-order valence-electron chi connectivity index (χ1n) is 8.00. The maximum atomic E-state index is 12.2. The number of para-hydroxylation sites is 1. The summed E-state index contributed by atoms with van der Waals surface area (Å²) in [5.74, 6) is 0.154. The summed E-state index contributed by atoms with van der Waals surface area (Å²) in [6, 6.07) is 19.9. The summed E-state index contributed by atoms with van der Waals surface area (Å²) in [7, 11) is 0. The van der Waals surface area contributed by atoms with Gasteiger partial charge in [0.05, 0.1) is 16.6 Å². The predicted octanol–water partition coefficient (Wildman–Crippen LogP) is 3.22. The van der Waals surface area contributed by atoms with Crippen molar-refractivity contribution in [1.29, 1.82) is 0 Å². The van der Waals surface area contributed by atoms with Crippen molar-refractivity contribution < 1.29 is 4.79 Å². The number of rotatable bonds is 3. The molecule has 0 fully saturated rings. The normalized spacial score (nSPS) is 10.6. The number of H-pyrrole nitrogens is 1. The van der Waals surface area contributed by atoms with Gasteiger partial charge in [-0.1, -0.05) is 48.5 Å². The molecule has 0 bridgehead atoms. The Morgan fingerprint density at radius 3 is 2.50 bits per heavy atom. The van der Waals surface area contributed by atoms with E-state index in [1.165, 1.54) is 0 Å². The number of nitrogens with zero attached hydrogens (tertiary/aromatic N) is 1. The number of anilines is 2. The van der Waals surface area contributed by atoms with E-state index in [-0.39, 0.29) is 11.5 Å². The van der Waals surface area contributed by atoms with Crippen LogP contribution in [0.25, 0.3) is 21.7 Å². The van der Waals surface area contributed by atoms with Crippen molar-refractivity contribution in [3.63, 3.8) is 0 Å². The fourth-order valence-corrected chi connectivity index (χ4v) is 2.75. The molecular formula is C19H15N5O2. The molecule has 128 valence electrons. The van der Waals surface area contributed by atoms with E-state index in [0.29, 0.717) is 16.6 Å². The third-order valence-electron chi connectivity index (χ3n) is 3.95. The second-order valence-corrected chi connectivity index (χ2v) is 5.66. The lowest BCUT2D eigenvalue weighted by Crippen LogP contribution is -2.35. The Labute approximate surface area is 148 Å². The molecule has 4 rings (SSSR count). The van der Waals surface area contributed by atoms with Gasteiger partial charge in [-0.2, -0.15) is 0 Å². The van der Waals surface area contributed by atoms with Crippen LogP contribution in [0.2, 0.25) is 0 Å². The van der Waals surface area contributed by atoms with Gasteiger partial charge in [-0.25, -0.2) is 15.2 Å². The molecule has 1 heterocycles. The Balaban J connectivity index is 1.50. The summed E-state index contributed by atoms with van der Waals surface area (Å²) in [6.07, 6.45) is 0. The first kappa shape index (κ1) is 15.6. The van der Waals surface area contributed by atoms with Crippen LogP contribution in [0, 0.1) is 0 Å². The highest BCUT2D eigenvalue weighted by Gasteiger charge is 2.07. The van der Waals surface area contributed by atoms with Gasteiger partial charge in [0, 0.05) is 5.39 Å². The highest BCUT2D eigenvalue weighted by molar-refractivity contribution is 6.01.